The minimum atomic E-state index is 0. The van der Waals surface area contributed by atoms with Crippen LogP contribution in [0.4, 0.5) is 0 Å². The first kappa shape index (κ1) is 14.8. The maximum absolute atomic E-state index is 5.74. The molecule has 19 heavy (non-hydrogen) atoms. The Kier molecular flexibility index (Phi) is 5.26. The number of nitrogens with two attached hydrogens (primary N) is 1. The molecule has 1 heterocycles. The minimum absolute atomic E-state index is 0. The molecular weight excluding hydrogens is 256 g/mol. The normalized spacial score (nSPS) is 20.1. The molecule has 0 amide bonds. The van der Waals surface area contributed by atoms with Gasteiger partial charge in [0.2, 0.25) is 0 Å². The summed E-state index contributed by atoms with van der Waals surface area (Å²) in [7, 11) is 0. The topological polar surface area (TPSA) is 29.3 Å². The Bertz CT molecular complexity index is 411. The van der Waals surface area contributed by atoms with Gasteiger partial charge in [-0.25, -0.2) is 0 Å². The van der Waals surface area contributed by atoms with Gasteiger partial charge in [-0.2, -0.15) is 0 Å². The molecule has 0 saturated carbocycles. The SMILES string of the molecule is Cl.NCC1CCN(Cc2ccc3c(c2)CCC3)CC1. The minimum Gasteiger partial charge on any atom is -0.330 e. The number of piperidine rings is 1. The van der Waals surface area contributed by atoms with Crippen LogP contribution in [0.25, 0.3) is 0 Å². The Labute approximate surface area is 122 Å². The van der Waals surface area contributed by atoms with E-state index in [1.165, 1.54) is 50.8 Å². The van der Waals surface area contributed by atoms with Gasteiger partial charge in [0, 0.05) is 6.54 Å². The third-order valence-corrected chi connectivity index (χ3v) is 4.61. The molecule has 1 aromatic carbocycles. The summed E-state index contributed by atoms with van der Waals surface area (Å²) in [6.45, 7) is 4.44. The van der Waals surface area contributed by atoms with Crippen molar-refractivity contribution in [3.8, 4) is 0 Å². The molecule has 0 aromatic heterocycles. The molecule has 1 aromatic rings. The van der Waals surface area contributed by atoms with Crippen molar-refractivity contribution in [1.29, 1.82) is 0 Å². The van der Waals surface area contributed by atoms with Gasteiger partial charge in [0.1, 0.15) is 0 Å². The third kappa shape index (κ3) is 3.50. The van der Waals surface area contributed by atoms with E-state index in [4.69, 9.17) is 5.73 Å². The second-order valence-electron chi connectivity index (χ2n) is 5.91. The van der Waals surface area contributed by atoms with Crippen molar-refractivity contribution in [3.63, 3.8) is 0 Å². The van der Waals surface area contributed by atoms with Crippen LogP contribution >= 0.6 is 12.4 Å². The van der Waals surface area contributed by atoms with E-state index in [0.29, 0.717) is 0 Å². The Balaban J connectivity index is 0.00000133. The predicted molar refractivity (Wildman–Crippen MR) is 82.8 cm³/mol. The fourth-order valence-electron chi connectivity index (χ4n) is 3.36. The summed E-state index contributed by atoms with van der Waals surface area (Å²) < 4.78 is 0. The number of rotatable bonds is 3. The lowest BCUT2D eigenvalue weighted by Gasteiger charge is -2.31. The van der Waals surface area contributed by atoms with Gasteiger partial charge in [-0.1, -0.05) is 18.2 Å². The zero-order chi connectivity index (χ0) is 12.4. The maximum atomic E-state index is 5.74. The largest absolute Gasteiger partial charge is 0.330 e. The van der Waals surface area contributed by atoms with E-state index >= 15 is 0 Å². The summed E-state index contributed by atoms with van der Waals surface area (Å²) in [5, 5.41) is 0. The summed E-state index contributed by atoms with van der Waals surface area (Å²) in [6.07, 6.45) is 6.49. The molecule has 0 unspecified atom stereocenters. The summed E-state index contributed by atoms with van der Waals surface area (Å²) in [5.74, 6) is 0.765. The molecule has 0 atom stereocenters. The van der Waals surface area contributed by atoms with Gasteiger partial charge in [0.05, 0.1) is 0 Å². The van der Waals surface area contributed by atoms with Crippen molar-refractivity contribution in [2.24, 2.45) is 11.7 Å². The number of nitrogens with zero attached hydrogens (tertiary/aromatic N) is 1. The van der Waals surface area contributed by atoms with Crippen LogP contribution in [0.15, 0.2) is 18.2 Å². The molecule has 2 N–H and O–H groups in total. The van der Waals surface area contributed by atoms with Crippen molar-refractivity contribution in [2.75, 3.05) is 19.6 Å². The predicted octanol–water partition coefficient (Wildman–Crippen LogP) is 2.77. The van der Waals surface area contributed by atoms with Crippen molar-refractivity contribution >= 4 is 12.4 Å². The van der Waals surface area contributed by atoms with Crippen LogP contribution in [0.1, 0.15) is 36.0 Å². The van der Waals surface area contributed by atoms with E-state index < -0.39 is 0 Å². The highest BCUT2D eigenvalue weighted by molar-refractivity contribution is 5.85. The maximum Gasteiger partial charge on any atom is 0.0233 e. The van der Waals surface area contributed by atoms with Crippen LogP contribution in [0.3, 0.4) is 0 Å². The van der Waals surface area contributed by atoms with Crippen LogP contribution in [0, 0.1) is 5.92 Å². The average molecular weight is 281 g/mol. The molecule has 2 aliphatic rings. The first-order chi connectivity index (χ1) is 8.85. The van der Waals surface area contributed by atoms with Gasteiger partial charge < -0.3 is 5.73 Å². The highest BCUT2D eigenvalue weighted by Gasteiger charge is 2.18. The van der Waals surface area contributed by atoms with Crippen molar-refractivity contribution in [2.45, 2.75) is 38.6 Å². The summed E-state index contributed by atoms with van der Waals surface area (Å²) in [4.78, 5) is 2.59. The summed E-state index contributed by atoms with van der Waals surface area (Å²) in [5.41, 5.74) is 10.4. The Morgan fingerprint density at radius 3 is 2.58 bits per heavy atom. The highest BCUT2D eigenvalue weighted by Crippen LogP contribution is 2.24. The number of hydrogen-bond acceptors (Lipinski definition) is 2. The second kappa shape index (κ2) is 6.74. The Hall–Kier alpha value is -0.570. The molecule has 0 bridgehead atoms. The lowest BCUT2D eigenvalue weighted by molar-refractivity contribution is 0.180. The quantitative estimate of drug-likeness (QED) is 0.923. The van der Waals surface area contributed by atoms with Crippen molar-refractivity contribution in [1.82, 2.24) is 4.90 Å². The number of benzene rings is 1. The van der Waals surface area contributed by atoms with Crippen LogP contribution in [0.2, 0.25) is 0 Å². The van der Waals surface area contributed by atoms with Crippen LogP contribution in [-0.2, 0) is 19.4 Å². The number of likely N-dealkylation sites (tertiary alicyclic amines) is 1. The fraction of sp³-hybridized carbons (Fsp3) is 0.625. The summed E-state index contributed by atoms with van der Waals surface area (Å²) in [6, 6.07) is 7.13. The fourth-order valence-corrected chi connectivity index (χ4v) is 3.36. The number of halogens is 1. The van der Waals surface area contributed by atoms with Crippen LogP contribution in [0.5, 0.6) is 0 Å². The zero-order valence-electron chi connectivity index (χ0n) is 11.6. The molecule has 0 radical (unpaired) electrons. The molecule has 1 saturated heterocycles. The monoisotopic (exact) mass is 280 g/mol. The molecule has 106 valence electrons. The zero-order valence-corrected chi connectivity index (χ0v) is 12.4. The molecular formula is C16H25ClN2. The third-order valence-electron chi connectivity index (χ3n) is 4.61. The molecule has 1 aliphatic carbocycles. The second-order valence-corrected chi connectivity index (χ2v) is 5.91. The number of aryl methyl sites for hydroxylation is 2. The van der Waals surface area contributed by atoms with E-state index in [1.807, 2.05) is 0 Å². The lowest BCUT2D eigenvalue weighted by Crippen LogP contribution is -2.35. The molecule has 3 heteroatoms. The van der Waals surface area contributed by atoms with Crippen LogP contribution in [-0.4, -0.2) is 24.5 Å². The number of fused-ring (bicyclic) bond motifs is 1. The molecule has 2 nitrogen and oxygen atoms in total. The van der Waals surface area contributed by atoms with Gasteiger partial charge in [-0.3, -0.25) is 4.90 Å². The summed E-state index contributed by atoms with van der Waals surface area (Å²) >= 11 is 0. The van der Waals surface area contributed by atoms with Crippen molar-refractivity contribution < 1.29 is 0 Å². The average Bonchev–Trinajstić information content (AvgIpc) is 2.87. The molecule has 1 fully saturated rings. The molecule has 0 spiro atoms. The van der Waals surface area contributed by atoms with Gasteiger partial charge in [0.15, 0.2) is 0 Å². The van der Waals surface area contributed by atoms with E-state index in [1.54, 1.807) is 11.1 Å². The van der Waals surface area contributed by atoms with Crippen LogP contribution < -0.4 is 5.73 Å². The van der Waals surface area contributed by atoms with Gasteiger partial charge in [-0.05, 0) is 74.3 Å². The van der Waals surface area contributed by atoms with Gasteiger partial charge in [0.25, 0.3) is 0 Å². The molecule has 3 rings (SSSR count). The molecule has 1 aliphatic heterocycles. The Morgan fingerprint density at radius 2 is 1.84 bits per heavy atom. The van der Waals surface area contributed by atoms with Crippen molar-refractivity contribution in [3.05, 3.63) is 34.9 Å². The van der Waals surface area contributed by atoms with Gasteiger partial charge in [-0.15, -0.1) is 12.4 Å². The number of hydrogen-bond donors (Lipinski definition) is 1. The highest BCUT2D eigenvalue weighted by atomic mass is 35.5. The Morgan fingerprint density at radius 1 is 1.11 bits per heavy atom. The van der Waals surface area contributed by atoms with E-state index in [0.717, 1.165) is 19.0 Å². The first-order valence-electron chi connectivity index (χ1n) is 7.38. The standard InChI is InChI=1S/C16H24N2.ClH/c17-11-13-6-8-18(9-7-13)12-14-4-5-15-2-1-3-16(15)10-14;/h4-5,10,13H,1-3,6-9,11-12,17H2;1H. The first-order valence-corrected chi connectivity index (χ1v) is 7.38. The van der Waals surface area contributed by atoms with E-state index in [-0.39, 0.29) is 12.4 Å². The lowest BCUT2D eigenvalue weighted by atomic mass is 9.96. The smallest absolute Gasteiger partial charge is 0.0233 e. The van der Waals surface area contributed by atoms with E-state index in [2.05, 4.69) is 23.1 Å². The van der Waals surface area contributed by atoms with E-state index in [9.17, 15) is 0 Å². The van der Waals surface area contributed by atoms with Gasteiger partial charge >= 0.3 is 0 Å².